The van der Waals surface area contributed by atoms with Gasteiger partial charge in [0, 0.05) is 31.6 Å². The van der Waals surface area contributed by atoms with E-state index in [-0.39, 0.29) is 12.1 Å². The molecule has 0 spiro atoms. The van der Waals surface area contributed by atoms with Crippen LogP contribution in [0.1, 0.15) is 28.8 Å². The van der Waals surface area contributed by atoms with Crippen LogP contribution in [0.2, 0.25) is 0 Å². The predicted octanol–water partition coefficient (Wildman–Crippen LogP) is 2.46. The number of anilines is 1. The van der Waals surface area contributed by atoms with Crippen LogP contribution in [0.4, 0.5) is 5.69 Å². The third kappa shape index (κ3) is 5.65. The van der Waals surface area contributed by atoms with Gasteiger partial charge >= 0.3 is 0 Å². The Morgan fingerprint density at radius 3 is 2.34 bits per heavy atom. The van der Waals surface area contributed by atoms with Gasteiger partial charge in [0.2, 0.25) is 10.0 Å². The summed E-state index contributed by atoms with van der Waals surface area (Å²) < 4.78 is 26.3. The van der Waals surface area contributed by atoms with E-state index in [0.717, 1.165) is 43.5 Å². The third-order valence-corrected chi connectivity index (χ3v) is 5.99. The average Bonchev–Trinajstić information content (AvgIpc) is 2.71. The number of carbonyl (C=O) groups is 1. The minimum Gasteiger partial charge on any atom is -0.306 e. The summed E-state index contributed by atoms with van der Waals surface area (Å²) in [4.78, 5) is 15.0. The smallest absolute Gasteiger partial charge is 0.273 e. The number of rotatable bonds is 6. The number of piperidine rings is 1. The van der Waals surface area contributed by atoms with E-state index in [1.165, 1.54) is 4.31 Å². The van der Waals surface area contributed by atoms with Gasteiger partial charge in [0.1, 0.15) is 0 Å². The van der Waals surface area contributed by atoms with Crippen LogP contribution < -0.4 is 9.73 Å². The summed E-state index contributed by atoms with van der Waals surface area (Å²) in [5.41, 5.74) is 4.98. The van der Waals surface area contributed by atoms with Gasteiger partial charge in [-0.3, -0.25) is 9.10 Å². The van der Waals surface area contributed by atoms with Crippen molar-refractivity contribution in [2.45, 2.75) is 19.4 Å². The molecule has 1 heterocycles. The van der Waals surface area contributed by atoms with Gasteiger partial charge in [0.05, 0.1) is 24.1 Å². The lowest BCUT2D eigenvalue weighted by Crippen LogP contribution is -2.33. The highest BCUT2D eigenvalue weighted by atomic mass is 32.2. The first-order chi connectivity index (χ1) is 13.8. The molecule has 7 nitrogen and oxygen atoms in total. The van der Waals surface area contributed by atoms with Crippen molar-refractivity contribution in [3.05, 3.63) is 65.7 Å². The van der Waals surface area contributed by atoms with Gasteiger partial charge in [-0.15, -0.1) is 0 Å². The Morgan fingerprint density at radius 2 is 1.69 bits per heavy atom. The monoisotopic (exact) mass is 414 g/mol. The highest BCUT2D eigenvalue weighted by Gasteiger charge is 2.23. The first kappa shape index (κ1) is 21.0. The van der Waals surface area contributed by atoms with Crippen LogP contribution in [0.25, 0.3) is 0 Å². The molecule has 0 aromatic heterocycles. The molecule has 0 unspecified atom stereocenters. The maximum atomic E-state index is 12.8. The highest BCUT2D eigenvalue weighted by molar-refractivity contribution is 7.92. The maximum Gasteiger partial charge on any atom is 0.273 e. The molecular weight excluding hydrogens is 388 g/mol. The topological polar surface area (TPSA) is 82.1 Å². The summed E-state index contributed by atoms with van der Waals surface area (Å²) in [5, 5.41) is 4.26. The summed E-state index contributed by atoms with van der Waals surface area (Å²) in [5.74, 6) is -0.422. The zero-order chi connectivity index (χ0) is 20.9. The molecule has 154 valence electrons. The van der Waals surface area contributed by atoms with E-state index in [9.17, 15) is 13.2 Å². The number of hydrazone groups is 1. The summed E-state index contributed by atoms with van der Waals surface area (Å²) in [6.07, 6.45) is 2.76. The molecule has 2 aromatic carbocycles. The Balaban J connectivity index is 1.85. The van der Waals surface area contributed by atoms with Gasteiger partial charge in [-0.1, -0.05) is 42.5 Å². The first-order valence-corrected chi connectivity index (χ1v) is 11.3. The maximum absolute atomic E-state index is 12.8. The first-order valence-electron chi connectivity index (χ1n) is 9.49. The molecule has 0 saturated carbocycles. The van der Waals surface area contributed by atoms with Crippen LogP contribution in [-0.2, 0) is 16.6 Å². The van der Waals surface area contributed by atoms with E-state index in [2.05, 4.69) is 22.5 Å². The second-order valence-corrected chi connectivity index (χ2v) is 9.10. The molecular formula is C21H26N4O3S. The van der Waals surface area contributed by atoms with Crippen molar-refractivity contribution in [2.75, 3.05) is 30.7 Å². The van der Waals surface area contributed by atoms with Gasteiger partial charge in [-0.2, -0.15) is 5.10 Å². The molecule has 1 amide bonds. The second-order valence-electron chi connectivity index (χ2n) is 7.19. The number of benzene rings is 2. The second kappa shape index (κ2) is 9.19. The molecule has 1 fully saturated rings. The molecule has 0 atom stereocenters. The largest absolute Gasteiger partial charge is 0.306 e. The Morgan fingerprint density at radius 1 is 1.07 bits per heavy atom. The number of nitrogens with one attached hydrogen (secondary N) is 1. The molecule has 1 N–H and O–H groups in total. The molecule has 1 saturated heterocycles. The lowest BCUT2D eigenvalue weighted by Gasteiger charge is -2.25. The molecule has 1 aliphatic rings. The number of sulfonamides is 1. The molecule has 8 heteroatoms. The molecule has 3 rings (SSSR count). The Labute approximate surface area is 172 Å². The zero-order valence-electron chi connectivity index (χ0n) is 16.7. The van der Waals surface area contributed by atoms with Gasteiger partial charge in [-0.05, 0) is 24.7 Å². The van der Waals surface area contributed by atoms with E-state index in [1.54, 1.807) is 24.3 Å². The van der Waals surface area contributed by atoms with Crippen LogP contribution in [0.3, 0.4) is 0 Å². The minimum absolute atomic E-state index is 0.144. The average molecular weight is 415 g/mol. The molecule has 0 bridgehead atoms. The molecule has 29 heavy (non-hydrogen) atoms. The Bertz CT molecular complexity index is 980. The van der Waals surface area contributed by atoms with Gasteiger partial charge in [-0.25, -0.2) is 13.8 Å². The van der Waals surface area contributed by atoms with Gasteiger partial charge < -0.3 is 4.90 Å². The normalized spacial score (nSPS) is 15.0. The van der Waals surface area contributed by atoms with Crippen LogP contribution in [0.15, 0.2) is 59.7 Å². The van der Waals surface area contributed by atoms with Crippen molar-refractivity contribution in [2.24, 2.45) is 5.10 Å². The number of amides is 1. The quantitative estimate of drug-likeness (QED) is 0.736. The SMILES string of the molecule is CN1CCC(=NNC(=O)c2ccccc2N(Cc2ccccc2)S(C)(=O)=O)CC1. The zero-order valence-corrected chi connectivity index (χ0v) is 17.5. The summed E-state index contributed by atoms with van der Waals surface area (Å²) >= 11 is 0. The molecule has 2 aromatic rings. The van der Waals surface area contributed by atoms with E-state index >= 15 is 0 Å². The van der Waals surface area contributed by atoms with Crippen molar-refractivity contribution in [3.8, 4) is 0 Å². The fourth-order valence-corrected chi connectivity index (χ4v) is 4.09. The number of hydrogen-bond donors (Lipinski definition) is 1. The molecule has 0 aliphatic carbocycles. The number of likely N-dealkylation sites (tertiary alicyclic amines) is 1. The lowest BCUT2D eigenvalue weighted by molar-refractivity contribution is 0.0955. The molecule has 0 radical (unpaired) electrons. The standard InChI is InChI=1S/C21H26N4O3S/c1-24-14-12-18(13-15-24)22-23-21(26)19-10-6-7-11-20(19)25(29(2,27)28)16-17-8-4-3-5-9-17/h3-11H,12-16H2,1-2H3,(H,23,26). The minimum atomic E-state index is -3.60. The highest BCUT2D eigenvalue weighted by Crippen LogP contribution is 2.25. The molecule has 1 aliphatic heterocycles. The summed E-state index contributed by atoms with van der Waals surface area (Å²) in [7, 11) is -1.55. The van der Waals surface area contributed by atoms with Gasteiger partial charge in [0.15, 0.2) is 0 Å². The van der Waals surface area contributed by atoms with Crippen molar-refractivity contribution in [3.63, 3.8) is 0 Å². The van der Waals surface area contributed by atoms with E-state index in [0.29, 0.717) is 5.69 Å². The van der Waals surface area contributed by atoms with E-state index < -0.39 is 15.9 Å². The van der Waals surface area contributed by atoms with E-state index in [4.69, 9.17) is 0 Å². The van der Waals surface area contributed by atoms with Crippen molar-refractivity contribution >= 4 is 27.3 Å². The van der Waals surface area contributed by atoms with Crippen LogP contribution >= 0.6 is 0 Å². The number of nitrogens with zero attached hydrogens (tertiary/aromatic N) is 3. The number of hydrogen-bond acceptors (Lipinski definition) is 5. The fourth-order valence-electron chi connectivity index (χ4n) is 3.19. The van der Waals surface area contributed by atoms with Crippen LogP contribution in [0.5, 0.6) is 0 Å². The number of carbonyl (C=O) groups excluding carboxylic acids is 1. The fraction of sp³-hybridized carbons (Fsp3) is 0.333. The Hall–Kier alpha value is -2.71. The Kier molecular flexibility index (Phi) is 6.66. The van der Waals surface area contributed by atoms with Crippen molar-refractivity contribution in [1.82, 2.24) is 10.3 Å². The van der Waals surface area contributed by atoms with Crippen molar-refractivity contribution < 1.29 is 13.2 Å². The predicted molar refractivity (Wildman–Crippen MR) is 116 cm³/mol. The number of para-hydroxylation sites is 1. The van der Waals surface area contributed by atoms with E-state index in [1.807, 2.05) is 30.3 Å². The van der Waals surface area contributed by atoms with Crippen LogP contribution in [0, 0.1) is 0 Å². The van der Waals surface area contributed by atoms with Gasteiger partial charge in [0.25, 0.3) is 5.91 Å². The third-order valence-electron chi connectivity index (χ3n) is 4.87. The summed E-state index contributed by atoms with van der Waals surface area (Å²) in [6, 6.07) is 16.0. The lowest BCUT2D eigenvalue weighted by atomic mass is 10.1. The summed E-state index contributed by atoms with van der Waals surface area (Å²) in [6.45, 7) is 1.96. The van der Waals surface area contributed by atoms with Crippen molar-refractivity contribution in [1.29, 1.82) is 0 Å². The van der Waals surface area contributed by atoms with Crippen LogP contribution in [-0.4, -0.2) is 51.3 Å².